The predicted octanol–water partition coefficient (Wildman–Crippen LogP) is 4.33. The number of aromatic amines is 1. The molecule has 18 atom stereocenters. The third-order valence-electron chi connectivity index (χ3n) is 22.5. The Labute approximate surface area is 748 Å². The van der Waals surface area contributed by atoms with E-state index in [0.29, 0.717) is 46.9 Å². The van der Waals surface area contributed by atoms with Crippen molar-refractivity contribution in [1.82, 2.24) is 57.7 Å². The van der Waals surface area contributed by atoms with Crippen molar-refractivity contribution in [2.45, 2.75) is 216 Å². The second kappa shape index (κ2) is 48.1. The second-order valence-corrected chi connectivity index (χ2v) is 37.1. The number of aliphatic hydroxyl groups is 4. The normalized spacial score (nSPS) is 24.1. The molecule has 3 aliphatic heterocycles. The molecule has 16 N–H and O–H groups in total. The van der Waals surface area contributed by atoms with Crippen molar-refractivity contribution in [3.05, 3.63) is 142 Å². The number of likely N-dealkylation sites (N-methyl/N-ethyl adjacent to an activating group) is 2. The van der Waals surface area contributed by atoms with Crippen LogP contribution in [0.3, 0.4) is 0 Å². The van der Waals surface area contributed by atoms with E-state index in [1.165, 1.54) is 80.5 Å². The van der Waals surface area contributed by atoms with Crippen LogP contribution in [-0.4, -0.2) is 262 Å². The lowest BCUT2D eigenvalue weighted by Gasteiger charge is -2.55. The van der Waals surface area contributed by atoms with Crippen LogP contribution in [0.5, 0.6) is 5.75 Å². The number of methoxy groups -OCH3 is 2. The molecule has 11 amide bonds. The van der Waals surface area contributed by atoms with Gasteiger partial charge in [-0.25, -0.2) is 9.59 Å². The lowest BCUT2D eigenvalue weighted by molar-refractivity contribution is -0.356. The zero-order valence-corrected chi connectivity index (χ0v) is 76.2. The van der Waals surface area contributed by atoms with Crippen LogP contribution >= 0.6 is 54.8 Å². The fourth-order valence-electron chi connectivity index (χ4n) is 14.4. The second-order valence-electron chi connectivity index (χ2n) is 31.5. The molecule has 125 heavy (non-hydrogen) atoms. The molecule has 8 rings (SSSR count). The number of para-hydroxylation sites is 1. The highest BCUT2D eigenvalue weighted by molar-refractivity contribution is 8.77. The van der Waals surface area contributed by atoms with E-state index in [4.69, 9.17) is 41.0 Å². The Hall–Kier alpha value is -9.19. The highest BCUT2D eigenvalue weighted by Gasteiger charge is 2.66. The topological polar surface area (TPSA) is 488 Å². The first kappa shape index (κ1) is 101. The van der Waals surface area contributed by atoms with Crippen LogP contribution < -0.4 is 63.2 Å². The molecule has 3 saturated heterocycles. The molecule has 0 spiro atoms. The minimum atomic E-state index is -2.34. The van der Waals surface area contributed by atoms with E-state index < -0.39 is 186 Å². The van der Waals surface area contributed by atoms with Crippen molar-refractivity contribution < 1.29 is 102 Å². The number of hydrogen-bond acceptors (Lipinski definition) is 26. The molecule has 4 aromatic carbocycles. The maximum atomic E-state index is 15.3. The molecule has 34 nitrogen and oxygen atoms in total. The zero-order valence-electron chi connectivity index (χ0n) is 72.2. The van der Waals surface area contributed by atoms with Crippen molar-refractivity contribution >= 4 is 143 Å². The first-order valence-corrected chi connectivity index (χ1v) is 46.7. The van der Waals surface area contributed by atoms with Gasteiger partial charge in [-0.15, -0.1) is 0 Å². The Kier molecular flexibility index (Phi) is 39.0. The van der Waals surface area contributed by atoms with Crippen molar-refractivity contribution in [3.63, 3.8) is 0 Å². The van der Waals surface area contributed by atoms with Crippen molar-refractivity contribution in [2.75, 3.05) is 69.4 Å². The number of H-pyrrole nitrogens is 1. The number of esters is 1. The first-order valence-electron chi connectivity index (χ1n) is 41.4. The van der Waals surface area contributed by atoms with E-state index in [0.717, 1.165) is 32.7 Å². The highest BCUT2D eigenvalue weighted by atomic mass is 35.5. The number of alkyl carbamates (subject to hydrolysis) is 1. The number of aliphatic hydroxyl groups excluding tert-OH is 3. The minimum Gasteiger partial charge on any atom is -0.495 e. The number of amides is 11. The molecule has 684 valence electrons. The molecule has 39 heteroatoms. The molecule has 1 unspecified atom stereocenters. The third kappa shape index (κ3) is 27.7. The summed E-state index contributed by atoms with van der Waals surface area (Å²) in [6, 6.07) is 14.9. The number of hydrogen-bond donors (Lipinski definition) is 15. The van der Waals surface area contributed by atoms with Crippen molar-refractivity contribution in [2.24, 2.45) is 17.6 Å². The van der Waals surface area contributed by atoms with Crippen LogP contribution in [0.2, 0.25) is 5.02 Å². The summed E-state index contributed by atoms with van der Waals surface area (Å²) in [4.78, 5) is 180. The molecule has 1 aromatic heterocycles. The van der Waals surface area contributed by atoms with Gasteiger partial charge >= 0.3 is 12.1 Å². The van der Waals surface area contributed by atoms with Gasteiger partial charge in [0, 0.05) is 106 Å². The van der Waals surface area contributed by atoms with Gasteiger partial charge in [0.25, 0.3) is 11.7 Å². The summed E-state index contributed by atoms with van der Waals surface area (Å²) in [6.45, 7) is 12.2. The van der Waals surface area contributed by atoms with Crippen molar-refractivity contribution in [3.8, 4) is 5.75 Å². The monoisotopic (exact) mass is 1830 g/mol. The summed E-state index contributed by atoms with van der Waals surface area (Å²) in [6.07, 6.45) is -2.64. The van der Waals surface area contributed by atoms with E-state index in [1.54, 1.807) is 106 Å². The van der Waals surface area contributed by atoms with Gasteiger partial charge in [-0.05, 0) is 114 Å². The molecule has 5 aromatic rings. The zero-order chi connectivity index (χ0) is 91.6. The molecular weight excluding hydrogens is 1710 g/mol. The average molecular weight is 1830 g/mol. The predicted molar refractivity (Wildman–Crippen MR) is 478 cm³/mol. The van der Waals surface area contributed by atoms with Gasteiger partial charge < -0.3 is 107 Å². The number of rotatable bonds is 37. The van der Waals surface area contributed by atoms with Crippen LogP contribution in [0.1, 0.15) is 116 Å². The van der Waals surface area contributed by atoms with E-state index >= 15 is 24.0 Å². The third-order valence-corrected chi connectivity index (χ3v) is 27.7. The number of anilines is 1. The molecule has 3 fully saturated rings. The number of nitrogens with two attached hydrogens (primary N) is 1. The van der Waals surface area contributed by atoms with Crippen LogP contribution in [0.4, 0.5) is 10.5 Å². The number of unbranched alkanes of at least 4 members (excludes halogenated alkanes) is 1. The number of carbonyl (C=O) groups excluding carboxylic acids is 12. The number of cyclic esters (lactones) is 1. The fraction of sp³-hybridized carbons (Fsp3) is 0.535. The summed E-state index contributed by atoms with van der Waals surface area (Å²) in [5, 5.41) is 68.2. The van der Waals surface area contributed by atoms with Gasteiger partial charge in [-0.2, -0.15) is 0 Å². The molecule has 0 bridgehead atoms. The van der Waals surface area contributed by atoms with Gasteiger partial charge in [0.15, 0.2) is 5.72 Å². The quantitative estimate of drug-likeness (QED) is 0.0114. The van der Waals surface area contributed by atoms with Gasteiger partial charge in [-0.1, -0.05) is 159 Å². The van der Waals surface area contributed by atoms with Crippen LogP contribution in [0.25, 0.3) is 10.9 Å². The average Bonchev–Trinajstić information content (AvgIpc) is 0.911. The van der Waals surface area contributed by atoms with E-state index in [1.807, 2.05) is 38.1 Å². The van der Waals surface area contributed by atoms with E-state index in [-0.39, 0.29) is 91.0 Å². The van der Waals surface area contributed by atoms with Gasteiger partial charge in [0.1, 0.15) is 71.3 Å². The Morgan fingerprint density at radius 3 is 2.02 bits per heavy atom. The fourth-order valence-corrected chi connectivity index (χ4v) is 19.0. The van der Waals surface area contributed by atoms with E-state index in [9.17, 15) is 54.0 Å². The number of aromatic nitrogens is 1. The maximum absolute atomic E-state index is 15.3. The van der Waals surface area contributed by atoms with Crippen LogP contribution in [0, 0.1) is 11.8 Å². The Morgan fingerprint density at radius 2 is 1.39 bits per heavy atom. The Bertz CT molecular complexity index is 4580. The van der Waals surface area contributed by atoms with E-state index in [2.05, 4.69) is 52.8 Å². The largest absolute Gasteiger partial charge is 0.495 e. The highest BCUT2D eigenvalue weighted by Crippen LogP contribution is 2.49. The number of ether oxygens (including phenoxy) is 5. The van der Waals surface area contributed by atoms with Crippen molar-refractivity contribution in [1.29, 1.82) is 0 Å². The molecule has 0 aliphatic carbocycles. The smallest absolute Gasteiger partial charge is 0.409 e. The molecule has 3 aliphatic rings. The summed E-state index contributed by atoms with van der Waals surface area (Å²) < 4.78 is 29.4. The minimum absolute atomic E-state index is 0.0334. The Balaban J connectivity index is 0.992. The molecule has 4 heterocycles. The van der Waals surface area contributed by atoms with Crippen LogP contribution in [-0.2, 0) is 97.4 Å². The Morgan fingerprint density at radius 1 is 0.768 bits per heavy atom. The number of carbonyl (C=O) groups is 12. The standard InChI is InChI=1S/C86H118ClN13O21S4/c1-13-47(2)36-56-39-67(72(87)68(40-56)118-12)100(10)83(114)86(49(4)74(120-86)48(3)69-42-85(116,53(8)117-11)98-84(115)119-69)121-82(113)50(5)99(9)71(105)32-35-123-122-34-31-70(104)90-61(37-54-24-16-14-17-25-54)76(107)95-65-45-124-125-46-66(80(111)94-64(44-101)51(6)102)96-81(112)73(52(7)103)97-75(106)60(30-22-23-33-88)91-78(109)63(41-57-43-89-59-29-21-20-28-58(57)59)93-77(108)62(92-79(65)110)38-55-26-18-15-19-27-55/h13-21,24-29,39-40,43,48-53,60-66,69,73-74,89,101-103,116H,22-23,30-38,41-42,44-46,88H2,1-12H3,(H,90,104)(H,91,109)(H,92,110)(H,93,108)(H,94,111)(H,95,107)(H,96,112)(H,97,106)(H,98,115)/b47-13+/t48-,49+,50+,51-,52-,53-,60+,61-,62+,63-,64-,65+,66+,69+,73+,74+,85+,86?/m1/s1. The number of halogens is 1. The number of allylic oxidation sites excluding steroid dienone is 2. The SMILES string of the molecule is C/C=C(\C)Cc1cc(OC)c(Cl)c(N(C)C(=O)C2(OC(=O)[C@H](C)N(C)C(=O)CCSSCCC(=O)N[C@H](Cc3ccccc3)C(=O)N[C@H]3CSSC[C@@H](C(=O)N[C@H](CO)[C@@H](C)O)NC(=O)[C@H]([C@@H](C)O)NC(=O)[C@H](CCCCN)NC(=O)[C@@H](Cc4c[nH]c5ccccc45)NC(=O)[C@H](Cc4ccccc4)NC3=O)O[C@@H]([C@H](C)[C@@H]3C[C@](O)([C@@H](C)OC)NC(=O)O3)[C@@H]2C)c1. The maximum Gasteiger partial charge on any atom is 0.409 e. The van der Waals surface area contributed by atoms with Crippen LogP contribution in [0.15, 0.2) is 115 Å². The van der Waals surface area contributed by atoms with Gasteiger partial charge in [0.05, 0.1) is 49.7 Å². The molecular formula is C86H118ClN13O21S4. The molecule has 0 radical (unpaired) electrons. The number of nitrogens with zero attached hydrogens (tertiary/aromatic N) is 2. The lowest BCUT2D eigenvalue weighted by atomic mass is 9.76. The number of nitrogens with one attached hydrogen (secondary N) is 10. The molecule has 0 saturated carbocycles. The summed E-state index contributed by atoms with van der Waals surface area (Å²) in [5.74, 6) is -13.3. The number of fused-ring (bicyclic) bond motifs is 1. The lowest BCUT2D eigenvalue weighted by Crippen LogP contribution is -2.72. The summed E-state index contributed by atoms with van der Waals surface area (Å²) in [5.41, 5.74) is 8.47. The first-order chi connectivity index (χ1) is 59.5. The van der Waals surface area contributed by atoms with Gasteiger partial charge in [0.2, 0.25) is 53.2 Å². The summed E-state index contributed by atoms with van der Waals surface area (Å²) in [7, 11) is 10.0. The number of benzene rings is 4. The summed E-state index contributed by atoms with van der Waals surface area (Å²) >= 11 is 6.92. The van der Waals surface area contributed by atoms with Gasteiger partial charge in [-0.3, -0.25) is 53.3 Å².